The van der Waals surface area contributed by atoms with Crippen molar-refractivity contribution in [2.45, 2.75) is 85.5 Å². The smallest absolute Gasteiger partial charge is 0.193 e. The van der Waals surface area contributed by atoms with Crippen LogP contribution in [-0.4, -0.2) is 5.78 Å². The van der Waals surface area contributed by atoms with Gasteiger partial charge in [-0.25, -0.2) is 0 Å². The number of hydrogen-bond donors (Lipinski definition) is 0. The van der Waals surface area contributed by atoms with Crippen molar-refractivity contribution < 1.29 is 4.79 Å². The van der Waals surface area contributed by atoms with Crippen LogP contribution < -0.4 is 0 Å². The average Bonchev–Trinajstić information content (AvgIpc) is 2.66. The fraction of sp³-hybridized carbons (Fsp3) is 0.500. The van der Waals surface area contributed by atoms with Crippen LogP contribution in [-0.2, 0) is 17.3 Å². The molecule has 0 aromatic heterocycles. The van der Waals surface area contributed by atoms with Crippen LogP contribution in [0.4, 0.5) is 0 Å². The largest absolute Gasteiger partial charge is 0.289 e. The molecular weight excluding hydrogens is 328 g/mol. The highest BCUT2D eigenvalue weighted by Crippen LogP contribution is 2.46. The van der Waals surface area contributed by atoms with Crippen molar-refractivity contribution in [3.63, 3.8) is 0 Å². The van der Waals surface area contributed by atoms with Gasteiger partial charge in [0.2, 0.25) is 0 Å². The van der Waals surface area contributed by atoms with E-state index in [9.17, 15) is 4.79 Å². The van der Waals surface area contributed by atoms with Gasteiger partial charge < -0.3 is 0 Å². The van der Waals surface area contributed by atoms with Crippen LogP contribution in [0, 0.1) is 6.92 Å². The molecule has 3 rings (SSSR count). The van der Waals surface area contributed by atoms with E-state index in [2.05, 4.69) is 53.7 Å². The molecule has 1 aliphatic carbocycles. The van der Waals surface area contributed by atoms with Gasteiger partial charge in [-0.15, -0.1) is 0 Å². The molecule has 1 nitrogen and oxygen atoms in total. The molecule has 27 heavy (non-hydrogen) atoms. The topological polar surface area (TPSA) is 17.1 Å². The SMILES string of the molecule is CC.CCc1cc2c(cc1C(=O)c1ccc(C)cc1)C(C)(C)CCC2(C)C. The van der Waals surface area contributed by atoms with Gasteiger partial charge in [-0.3, -0.25) is 4.79 Å². The summed E-state index contributed by atoms with van der Waals surface area (Å²) in [4.78, 5) is 13.2. The Morgan fingerprint density at radius 1 is 0.889 bits per heavy atom. The third-order valence-corrected chi connectivity index (χ3v) is 6.02. The van der Waals surface area contributed by atoms with E-state index in [0.29, 0.717) is 0 Å². The van der Waals surface area contributed by atoms with Crippen LogP contribution in [0.15, 0.2) is 36.4 Å². The molecule has 0 bridgehead atoms. The molecule has 2 aromatic rings. The van der Waals surface area contributed by atoms with Gasteiger partial charge in [0.25, 0.3) is 0 Å². The van der Waals surface area contributed by atoms with Gasteiger partial charge >= 0.3 is 0 Å². The molecule has 0 unspecified atom stereocenters. The molecule has 0 atom stereocenters. The van der Waals surface area contributed by atoms with Crippen molar-refractivity contribution in [2.75, 3.05) is 0 Å². The predicted molar refractivity (Wildman–Crippen MR) is 117 cm³/mol. The highest BCUT2D eigenvalue weighted by molar-refractivity contribution is 6.10. The van der Waals surface area contributed by atoms with E-state index in [0.717, 1.165) is 24.0 Å². The molecule has 2 aromatic carbocycles. The summed E-state index contributed by atoms with van der Waals surface area (Å²) in [6, 6.07) is 12.5. The molecular formula is C26H36O. The lowest BCUT2D eigenvalue weighted by molar-refractivity contribution is 0.103. The van der Waals surface area contributed by atoms with E-state index in [1.54, 1.807) is 0 Å². The van der Waals surface area contributed by atoms with E-state index in [-0.39, 0.29) is 16.6 Å². The predicted octanol–water partition coefficient (Wildman–Crippen LogP) is 7.16. The molecule has 0 amide bonds. The molecule has 0 saturated heterocycles. The maximum atomic E-state index is 13.2. The Labute approximate surface area is 166 Å². The van der Waals surface area contributed by atoms with Crippen LogP contribution in [0.2, 0.25) is 0 Å². The minimum atomic E-state index is 0.124. The van der Waals surface area contributed by atoms with Crippen LogP contribution in [0.5, 0.6) is 0 Å². The molecule has 0 fully saturated rings. The van der Waals surface area contributed by atoms with E-state index in [4.69, 9.17) is 0 Å². The lowest BCUT2D eigenvalue weighted by Gasteiger charge is -2.42. The number of rotatable bonds is 3. The summed E-state index contributed by atoms with van der Waals surface area (Å²) in [6.45, 7) is 17.5. The second kappa shape index (κ2) is 8.00. The van der Waals surface area contributed by atoms with Gasteiger partial charge in [0.1, 0.15) is 0 Å². The van der Waals surface area contributed by atoms with E-state index < -0.39 is 0 Å². The number of carbonyl (C=O) groups is 1. The van der Waals surface area contributed by atoms with Crippen LogP contribution in [0.25, 0.3) is 0 Å². The molecule has 0 aliphatic heterocycles. The number of aryl methyl sites for hydroxylation is 2. The minimum absolute atomic E-state index is 0.124. The Morgan fingerprint density at radius 2 is 1.37 bits per heavy atom. The van der Waals surface area contributed by atoms with Crippen molar-refractivity contribution in [3.8, 4) is 0 Å². The Bertz CT molecular complexity index is 807. The molecule has 0 heterocycles. The second-order valence-corrected chi connectivity index (χ2v) is 8.87. The van der Waals surface area contributed by atoms with Crippen LogP contribution in [0.3, 0.4) is 0 Å². The van der Waals surface area contributed by atoms with Gasteiger partial charge in [-0.05, 0) is 59.8 Å². The van der Waals surface area contributed by atoms with Crippen molar-refractivity contribution >= 4 is 5.78 Å². The first-order chi connectivity index (χ1) is 12.7. The Kier molecular flexibility index (Phi) is 6.35. The zero-order valence-corrected chi connectivity index (χ0v) is 18.5. The number of benzene rings is 2. The molecule has 0 N–H and O–H groups in total. The zero-order chi connectivity index (χ0) is 20.4. The third kappa shape index (κ3) is 4.18. The highest BCUT2D eigenvalue weighted by atomic mass is 16.1. The van der Waals surface area contributed by atoms with Gasteiger partial charge in [-0.1, -0.05) is 84.4 Å². The standard InChI is InChI=1S/C24H30O.C2H6/c1-7-17-14-20-21(24(5,6)13-12-23(20,3)4)15-19(17)22(25)18-10-8-16(2)9-11-18;1-2/h8-11,14-15H,7,12-13H2,1-6H3;1-2H3. The van der Waals surface area contributed by atoms with Crippen LogP contribution >= 0.6 is 0 Å². The normalized spacial score (nSPS) is 16.7. The van der Waals surface area contributed by atoms with Gasteiger partial charge in [0.15, 0.2) is 5.78 Å². The van der Waals surface area contributed by atoms with Crippen molar-refractivity contribution in [1.29, 1.82) is 0 Å². The van der Waals surface area contributed by atoms with Crippen molar-refractivity contribution in [3.05, 3.63) is 69.8 Å². The van der Waals surface area contributed by atoms with Crippen LogP contribution in [0.1, 0.15) is 99.5 Å². The highest BCUT2D eigenvalue weighted by Gasteiger charge is 2.38. The molecule has 146 valence electrons. The average molecular weight is 365 g/mol. The Balaban J connectivity index is 0.00000126. The molecule has 1 aliphatic rings. The van der Waals surface area contributed by atoms with Crippen molar-refractivity contribution in [1.82, 2.24) is 0 Å². The quantitative estimate of drug-likeness (QED) is 0.528. The van der Waals surface area contributed by atoms with Gasteiger partial charge in [0.05, 0.1) is 0 Å². The fourth-order valence-corrected chi connectivity index (χ4v) is 4.02. The number of ketones is 1. The fourth-order valence-electron chi connectivity index (χ4n) is 4.02. The maximum Gasteiger partial charge on any atom is 0.193 e. The van der Waals surface area contributed by atoms with E-state index >= 15 is 0 Å². The maximum absolute atomic E-state index is 13.2. The lowest BCUT2D eigenvalue weighted by atomic mass is 9.62. The summed E-state index contributed by atoms with van der Waals surface area (Å²) in [7, 11) is 0. The first-order valence-corrected chi connectivity index (χ1v) is 10.4. The summed E-state index contributed by atoms with van der Waals surface area (Å²) in [5.74, 6) is 0.152. The first kappa shape index (κ1) is 21.4. The first-order valence-electron chi connectivity index (χ1n) is 10.4. The summed E-state index contributed by atoms with van der Waals surface area (Å²) < 4.78 is 0. The second-order valence-electron chi connectivity index (χ2n) is 8.87. The Hall–Kier alpha value is -1.89. The number of carbonyl (C=O) groups excluding carboxylic acids is 1. The molecule has 0 saturated carbocycles. The van der Waals surface area contributed by atoms with E-state index in [1.807, 2.05) is 38.1 Å². The van der Waals surface area contributed by atoms with Crippen molar-refractivity contribution in [2.24, 2.45) is 0 Å². The molecule has 0 spiro atoms. The number of fused-ring (bicyclic) bond motifs is 1. The summed E-state index contributed by atoms with van der Waals surface area (Å²) in [5.41, 5.74) is 7.12. The molecule has 1 heteroatoms. The summed E-state index contributed by atoms with van der Waals surface area (Å²) in [6.07, 6.45) is 3.24. The monoisotopic (exact) mass is 364 g/mol. The molecule has 0 radical (unpaired) electrons. The zero-order valence-electron chi connectivity index (χ0n) is 18.5. The van der Waals surface area contributed by atoms with Gasteiger partial charge in [0, 0.05) is 11.1 Å². The minimum Gasteiger partial charge on any atom is -0.289 e. The summed E-state index contributed by atoms with van der Waals surface area (Å²) in [5, 5.41) is 0. The number of hydrogen-bond acceptors (Lipinski definition) is 1. The third-order valence-electron chi connectivity index (χ3n) is 6.02. The van der Waals surface area contributed by atoms with Gasteiger partial charge in [-0.2, -0.15) is 0 Å². The summed E-state index contributed by atoms with van der Waals surface area (Å²) >= 11 is 0. The Morgan fingerprint density at radius 3 is 1.85 bits per heavy atom. The van der Waals surface area contributed by atoms with E-state index in [1.165, 1.54) is 28.7 Å². The lowest BCUT2D eigenvalue weighted by Crippen LogP contribution is -2.34.